The topological polar surface area (TPSA) is 6.48 Å². The van der Waals surface area contributed by atoms with Gasteiger partial charge in [0.1, 0.15) is 6.67 Å². The third kappa shape index (κ3) is 5.70. The number of nitrogens with zero attached hydrogens (tertiary/aromatic N) is 2. The highest BCUT2D eigenvalue weighted by Crippen LogP contribution is 2.62. The summed E-state index contributed by atoms with van der Waals surface area (Å²) in [6.45, 7) is 34.6. The van der Waals surface area contributed by atoms with Gasteiger partial charge in [-0.25, -0.2) is 0 Å². The van der Waals surface area contributed by atoms with E-state index in [1.165, 1.54) is 22.5 Å². The van der Waals surface area contributed by atoms with E-state index in [0.29, 0.717) is 22.6 Å². The van der Waals surface area contributed by atoms with Gasteiger partial charge in [0.25, 0.3) is 0 Å². The molecular formula is C31H52N2P2. The number of hydrogen-bond acceptors (Lipinski definition) is 2. The molecule has 0 bridgehead atoms. The van der Waals surface area contributed by atoms with Crippen molar-refractivity contribution in [3.8, 4) is 0 Å². The Hall–Kier alpha value is -0.840. The van der Waals surface area contributed by atoms with Crippen LogP contribution >= 0.6 is 15.8 Å². The van der Waals surface area contributed by atoms with Crippen LogP contribution in [0.15, 0.2) is 57.7 Å². The molecule has 3 heterocycles. The van der Waals surface area contributed by atoms with E-state index in [9.17, 15) is 0 Å². The molecule has 4 heteroatoms. The first kappa shape index (κ1) is 28.7. The van der Waals surface area contributed by atoms with Crippen molar-refractivity contribution in [2.45, 2.75) is 120 Å². The Kier molecular flexibility index (Phi) is 8.32. The molecule has 0 saturated carbocycles. The maximum atomic E-state index is 2.69. The van der Waals surface area contributed by atoms with E-state index in [2.05, 4.69) is 131 Å². The van der Waals surface area contributed by atoms with Crippen LogP contribution in [0.25, 0.3) is 0 Å². The molecule has 3 rings (SSSR count). The maximum Gasteiger partial charge on any atom is 0.100 e. The van der Waals surface area contributed by atoms with Gasteiger partial charge in [-0.1, -0.05) is 113 Å². The summed E-state index contributed by atoms with van der Waals surface area (Å²) in [7, 11) is -0.535. The summed E-state index contributed by atoms with van der Waals surface area (Å²) in [6.07, 6.45) is 10.2. The highest BCUT2D eigenvalue weighted by Gasteiger charge is 2.42. The number of rotatable bonds is 6. The monoisotopic (exact) mass is 514 g/mol. The molecule has 0 atom stereocenters. The molecule has 0 aromatic heterocycles. The standard InChI is InChI=1S/C31H52N2P2/c1-20(2)34(21(3)4)28-17-24(30(9,10)11)15-26-27-16-25(31(12,13)14)18-29(33(27)19-32(26)28)35(22(5)6)23(7)8/h15-18,20-23H,19H2,1-14H3. The Labute approximate surface area is 220 Å². The lowest BCUT2D eigenvalue weighted by molar-refractivity contribution is 0.353. The number of allylic oxidation sites excluding steroid dienone is 6. The van der Waals surface area contributed by atoms with E-state index in [-0.39, 0.29) is 26.7 Å². The predicted octanol–water partition coefficient (Wildman–Crippen LogP) is 10.0. The van der Waals surface area contributed by atoms with E-state index in [4.69, 9.17) is 0 Å². The fourth-order valence-electron chi connectivity index (χ4n) is 5.62. The van der Waals surface area contributed by atoms with Gasteiger partial charge in [0.2, 0.25) is 0 Å². The van der Waals surface area contributed by atoms with Crippen molar-refractivity contribution >= 4 is 15.8 Å². The molecule has 3 aliphatic rings. The molecule has 0 aromatic rings. The average Bonchev–Trinajstić information content (AvgIpc) is 3.04. The van der Waals surface area contributed by atoms with Crippen LogP contribution < -0.4 is 0 Å². The second kappa shape index (κ2) is 10.1. The van der Waals surface area contributed by atoms with Crippen LogP contribution in [0.2, 0.25) is 0 Å². The summed E-state index contributed by atoms with van der Waals surface area (Å²) in [6, 6.07) is 0. The van der Waals surface area contributed by atoms with Crippen LogP contribution in [0, 0.1) is 10.8 Å². The lowest BCUT2D eigenvalue weighted by Crippen LogP contribution is -2.31. The molecule has 0 radical (unpaired) electrons. The third-order valence-corrected chi connectivity index (χ3v) is 13.6. The van der Waals surface area contributed by atoms with Gasteiger partial charge < -0.3 is 9.80 Å². The van der Waals surface area contributed by atoms with Crippen LogP contribution in [0.3, 0.4) is 0 Å². The highest BCUT2D eigenvalue weighted by molar-refractivity contribution is 7.63. The van der Waals surface area contributed by atoms with Crippen LogP contribution in [0.5, 0.6) is 0 Å². The minimum atomic E-state index is -0.268. The first-order chi connectivity index (χ1) is 15.9. The molecular weight excluding hydrogens is 462 g/mol. The maximum absolute atomic E-state index is 2.69. The zero-order valence-corrected chi connectivity index (χ0v) is 26.9. The molecule has 0 aromatic carbocycles. The van der Waals surface area contributed by atoms with Gasteiger partial charge in [-0.15, -0.1) is 0 Å². The van der Waals surface area contributed by atoms with E-state index < -0.39 is 0 Å². The van der Waals surface area contributed by atoms with Gasteiger partial charge >= 0.3 is 0 Å². The average molecular weight is 515 g/mol. The fraction of sp³-hybridized carbons (Fsp3) is 0.677. The minimum Gasteiger partial charge on any atom is -0.321 e. The summed E-state index contributed by atoms with van der Waals surface area (Å²) in [5, 5.41) is 0. The van der Waals surface area contributed by atoms with Gasteiger partial charge in [0, 0.05) is 10.9 Å². The third-order valence-electron chi connectivity index (χ3n) is 7.32. The summed E-state index contributed by atoms with van der Waals surface area (Å²) in [4.78, 5) is 5.39. The molecule has 196 valence electrons. The molecule has 0 saturated heterocycles. The molecule has 0 amide bonds. The van der Waals surface area contributed by atoms with E-state index in [0.717, 1.165) is 6.67 Å². The van der Waals surface area contributed by atoms with Crippen LogP contribution in [0.4, 0.5) is 0 Å². The van der Waals surface area contributed by atoms with E-state index in [1.54, 1.807) is 10.9 Å². The van der Waals surface area contributed by atoms with Gasteiger partial charge in [-0.05, 0) is 68.9 Å². The van der Waals surface area contributed by atoms with Crippen molar-refractivity contribution in [2.75, 3.05) is 6.67 Å². The van der Waals surface area contributed by atoms with Gasteiger partial charge in [0.05, 0.1) is 11.4 Å². The van der Waals surface area contributed by atoms with Crippen LogP contribution in [0.1, 0.15) is 96.9 Å². The first-order valence-electron chi connectivity index (χ1n) is 13.7. The highest BCUT2D eigenvalue weighted by atomic mass is 31.1. The summed E-state index contributed by atoms with van der Waals surface area (Å²) in [5.74, 6) is 0. The number of fused-ring (bicyclic) bond motifs is 2. The zero-order chi connectivity index (χ0) is 26.6. The summed E-state index contributed by atoms with van der Waals surface area (Å²) >= 11 is 0. The lowest BCUT2D eigenvalue weighted by Gasteiger charge is -2.41. The van der Waals surface area contributed by atoms with Crippen LogP contribution in [-0.2, 0) is 0 Å². The van der Waals surface area contributed by atoms with Crippen molar-refractivity contribution in [1.82, 2.24) is 9.80 Å². The summed E-state index contributed by atoms with van der Waals surface area (Å²) in [5.41, 5.74) is 11.9. The normalized spacial score (nSPS) is 19.3. The van der Waals surface area contributed by atoms with Crippen molar-refractivity contribution in [3.05, 3.63) is 57.7 Å². The van der Waals surface area contributed by atoms with Crippen LogP contribution in [-0.4, -0.2) is 39.1 Å². The molecule has 3 aliphatic heterocycles. The Morgan fingerprint density at radius 3 is 1.06 bits per heavy atom. The Morgan fingerprint density at radius 1 is 0.543 bits per heavy atom. The largest absolute Gasteiger partial charge is 0.321 e. The Bertz CT molecular complexity index is 880. The molecule has 2 nitrogen and oxygen atoms in total. The Morgan fingerprint density at radius 2 is 0.829 bits per heavy atom. The quantitative estimate of drug-likeness (QED) is 0.325. The summed E-state index contributed by atoms with van der Waals surface area (Å²) < 4.78 is 0. The van der Waals surface area contributed by atoms with Gasteiger partial charge in [0.15, 0.2) is 0 Å². The van der Waals surface area contributed by atoms with Gasteiger partial charge in [-0.3, -0.25) is 0 Å². The second-order valence-corrected chi connectivity index (χ2v) is 20.3. The first-order valence-corrected chi connectivity index (χ1v) is 16.6. The molecule has 0 unspecified atom stereocenters. The molecule has 0 N–H and O–H groups in total. The fourth-order valence-corrected chi connectivity index (χ4v) is 11.6. The van der Waals surface area contributed by atoms with E-state index >= 15 is 0 Å². The molecule has 0 fully saturated rings. The SMILES string of the molecule is CC(C)P(C1=CC(C(C)(C)C)=CC2=C3C=C(C(C)(C)C)C=C(P(C(C)C)C(C)C)N3CN12)C(C)C. The lowest BCUT2D eigenvalue weighted by atomic mass is 9.83. The van der Waals surface area contributed by atoms with Gasteiger partial charge in [-0.2, -0.15) is 0 Å². The molecule has 0 aliphatic carbocycles. The molecule has 35 heavy (non-hydrogen) atoms. The van der Waals surface area contributed by atoms with Crippen molar-refractivity contribution in [1.29, 1.82) is 0 Å². The smallest absolute Gasteiger partial charge is 0.100 e. The predicted molar refractivity (Wildman–Crippen MR) is 161 cm³/mol. The zero-order valence-electron chi connectivity index (χ0n) is 25.1. The van der Waals surface area contributed by atoms with Crippen molar-refractivity contribution in [2.24, 2.45) is 10.8 Å². The van der Waals surface area contributed by atoms with Crippen molar-refractivity contribution < 1.29 is 0 Å². The Balaban J connectivity index is 2.29. The second-order valence-electron chi connectivity index (χ2n) is 13.7. The van der Waals surface area contributed by atoms with E-state index in [1.807, 2.05) is 0 Å². The number of hydrogen-bond donors (Lipinski definition) is 0. The molecule has 0 spiro atoms. The minimum absolute atomic E-state index is 0.125. The van der Waals surface area contributed by atoms with Crippen molar-refractivity contribution in [3.63, 3.8) is 0 Å².